The van der Waals surface area contributed by atoms with Gasteiger partial charge in [-0.25, -0.2) is 0 Å². The van der Waals surface area contributed by atoms with E-state index in [2.05, 4.69) is 59.3 Å². The molecule has 0 aromatic heterocycles. The van der Waals surface area contributed by atoms with Crippen LogP contribution in [-0.4, -0.2) is 43.6 Å². The fraction of sp³-hybridized carbons (Fsp3) is 0.429. The van der Waals surface area contributed by atoms with Crippen LogP contribution in [0.25, 0.3) is 0 Å². The standard InChI is InChI=1S/C21H29N3O/c1-23(15-17-7-4-3-5-8-17)11-6-12-24-16-18-9-10-19(25-2)13-20(18)21(24)14-22/h3-5,7-10,13,21H,6,11-12,14-16,22H2,1-2H3. The van der Waals surface area contributed by atoms with Gasteiger partial charge in [-0.2, -0.15) is 0 Å². The average Bonchev–Trinajstić information content (AvgIpc) is 2.98. The van der Waals surface area contributed by atoms with Crippen molar-refractivity contribution < 1.29 is 4.74 Å². The monoisotopic (exact) mass is 339 g/mol. The molecular weight excluding hydrogens is 310 g/mol. The van der Waals surface area contributed by atoms with Crippen molar-refractivity contribution in [1.29, 1.82) is 0 Å². The van der Waals surface area contributed by atoms with E-state index in [1.807, 2.05) is 6.07 Å². The van der Waals surface area contributed by atoms with E-state index in [0.29, 0.717) is 12.6 Å². The molecule has 2 aromatic carbocycles. The molecular formula is C21H29N3O. The minimum absolute atomic E-state index is 0.310. The van der Waals surface area contributed by atoms with Gasteiger partial charge in [0, 0.05) is 32.2 Å². The maximum atomic E-state index is 6.07. The molecule has 1 aliphatic heterocycles. The van der Waals surface area contributed by atoms with E-state index < -0.39 is 0 Å². The van der Waals surface area contributed by atoms with Gasteiger partial charge >= 0.3 is 0 Å². The Labute approximate surface area is 151 Å². The van der Waals surface area contributed by atoms with Gasteiger partial charge in [0.05, 0.1) is 7.11 Å². The first kappa shape index (κ1) is 17.9. The zero-order valence-electron chi connectivity index (χ0n) is 15.3. The summed E-state index contributed by atoms with van der Waals surface area (Å²) >= 11 is 0. The van der Waals surface area contributed by atoms with Crippen LogP contribution in [0.15, 0.2) is 48.5 Å². The highest BCUT2D eigenvalue weighted by Crippen LogP contribution is 2.35. The van der Waals surface area contributed by atoms with Gasteiger partial charge in [0.15, 0.2) is 0 Å². The molecule has 0 saturated heterocycles. The quantitative estimate of drug-likeness (QED) is 0.803. The molecule has 0 bridgehead atoms. The van der Waals surface area contributed by atoms with E-state index in [0.717, 1.165) is 38.3 Å². The molecule has 1 heterocycles. The van der Waals surface area contributed by atoms with Gasteiger partial charge in [-0.1, -0.05) is 36.4 Å². The van der Waals surface area contributed by atoms with Crippen molar-refractivity contribution in [1.82, 2.24) is 9.80 Å². The second-order valence-corrected chi connectivity index (χ2v) is 6.86. The van der Waals surface area contributed by atoms with E-state index in [1.165, 1.54) is 16.7 Å². The topological polar surface area (TPSA) is 41.7 Å². The van der Waals surface area contributed by atoms with Gasteiger partial charge in [0.1, 0.15) is 5.75 Å². The third kappa shape index (κ3) is 4.40. The predicted molar refractivity (Wildman–Crippen MR) is 103 cm³/mol. The lowest BCUT2D eigenvalue weighted by molar-refractivity contribution is 0.201. The van der Waals surface area contributed by atoms with Gasteiger partial charge in [-0.3, -0.25) is 4.90 Å². The average molecular weight is 339 g/mol. The molecule has 2 aromatic rings. The lowest BCUT2D eigenvalue weighted by Crippen LogP contribution is -2.31. The molecule has 1 aliphatic rings. The Morgan fingerprint density at radius 2 is 2.00 bits per heavy atom. The van der Waals surface area contributed by atoms with Crippen molar-refractivity contribution >= 4 is 0 Å². The summed E-state index contributed by atoms with van der Waals surface area (Å²) < 4.78 is 5.37. The highest BCUT2D eigenvalue weighted by atomic mass is 16.5. The Kier molecular flexibility index (Phi) is 6.08. The minimum Gasteiger partial charge on any atom is -0.497 e. The molecule has 4 nitrogen and oxygen atoms in total. The van der Waals surface area contributed by atoms with Crippen molar-refractivity contribution in [2.45, 2.75) is 25.6 Å². The fourth-order valence-corrected chi connectivity index (χ4v) is 3.71. The number of ether oxygens (including phenoxy) is 1. The molecule has 0 saturated carbocycles. The van der Waals surface area contributed by atoms with Crippen LogP contribution < -0.4 is 10.5 Å². The van der Waals surface area contributed by atoms with Crippen molar-refractivity contribution in [3.63, 3.8) is 0 Å². The zero-order valence-corrected chi connectivity index (χ0v) is 15.3. The van der Waals surface area contributed by atoms with Crippen molar-refractivity contribution in [2.24, 2.45) is 5.73 Å². The first-order valence-corrected chi connectivity index (χ1v) is 9.04. The third-order valence-corrected chi connectivity index (χ3v) is 5.03. The summed E-state index contributed by atoms with van der Waals surface area (Å²) in [5.74, 6) is 0.918. The Morgan fingerprint density at radius 1 is 1.20 bits per heavy atom. The maximum Gasteiger partial charge on any atom is 0.119 e. The molecule has 0 amide bonds. The molecule has 25 heavy (non-hydrogen) atoms. The molecule has 0 spiro atoms. The van der Waals surface area contributed by atoms with Crippen molar-refractivity contribution in [3.05, 3.63) is 65.2 Å². The van der Waals surface area contributed by atoms with Crippen LogP contribution >= 0.6 is 0 Å². The second-order valence-electron chi connectivity index (χ2n) is 6.86. The SMILES string of the molecule is COc1ccc2c(c1)C(CN)N(CCCN(C)Cc1ccccc1)C2. The molecule has 4 heteroatoms. The molecule has 0 fully saturated rings. The summed E-state index contributed by atoms with van der Waals surface area (Å²) in [5, 5.41) is 0. The lowest BCUT2D eigenvalue weighted by atomic mass is 10.0. The number of methoxy groups -OCH3 is 1. The van der Waals surface area contributed by atoms with Gasteiger partial charge < -0.3 is 15.4 Å². The van der Waals surface area contributed by atoms with Crippen LogP contribution in [0.2, 0.25) is 0 Å². The van der Waals surface area contributed by atoms with Crippen LogP contribution in [0.5, 0.6) is 5.75 Å². The second kappa shape index (κ2) is 8.48. The molecule has 3 rings (SSSR count). The molecule has 0 radical (unpaired) electrons. The Balaban J connectivity index is 1.51. The third-order valence-electron chi connectivity index (χ3n) is 5.03. The number of hydrogen-bond acceptors (Lipinski definition) is 4. The normalized spacial score (nSPS) is 17.0. The highest BCUT2D eigenvalue weighted by Gasteiger charge is 2.29. The van der Waals surface area contributed by atoms with Gasteiger partial charge in [-0.15, -0.1) is 0 Å². The number of benzene rings is 2. The Morgan fingerprint density at radius 3 is 2.72 bits per heavy atom. The van der Waals surface area contributed by atoms with Crippen LogP contribution in [0.3, 0.4) is 0 Å². The number of fused-ring (bicyclic) bond motifs is 1. The zero-order chi connectivity index (χ0) is 17.6. The van der Waals surface area contributed by atoms with Crippen LogP contribution in [-0.2, 0) is 13.1 Å². The summed E-state index contributed by atoms with van der Waals surface area (Å²) in [5.41, 5.74) is 10.2. The summed E-state index contributed by atoms with van der Waals surface area (Å²) in [4.78, 5) is 4.89. The van der Waals surface area contributed by atoms with Gasteiger partial charge in [0.25, 0.3) is 0 Å². The van der Waals surface area contributed by atoms with Crippen LogP contribution in [0, 0.1) is 0 Å². The van der Waals surface area contributed by atoms with Gasteiger partial charge in [0.2, 0.25) is 0 Å². The Hall–Kier alpha value is -1.88. The number of nitrogens with zero attached hydrogens (tertiary/aromatic N) is 2. The molecule has 1 unspecified atom stereocenters. The molecule has 1 atom stereocenters. The number of hydrogen-bond donors (Lipinski definition) is 1. The van der Waals surface area contributed by atoms with Crippen LogP contribution in [0.4, 0.5) is 0 Å². The summed E-state index contributed by atoms with van der Waals surface area (Å²) in [7, 11) is 3.91. The maximum absolute atomic E-state index is 6.07. The molecule has 0 aliphatic carbocycles. The largest absolute Gasteiger partial charge is 0.497 e. The summed E-state index contributed by atoms with van der Waals surface area (Å²) in [6.45, 7) is 4.79. The van der Waals surface area contributed by atoms with E-state index in [9.17, 15) is 0 Å². The van der Waals surface area contributed by atoms with Crippen molar-refractivity contribution in [3.8, 4) is 5.75 Å². The predicted octanol–water partition coefficient (Wildman–Crippen LogP) is 3.03. The lowest BCUT2D eigenvalue weighted by Gasteiger charge is -2.25. The first-order chi connectivity index (χ1) is 12.2. The first-order valence-electron chi connectivity index (χ1n) is 9.04. The van der Waals surface area contributed by atoms with Gasteiger partial charge in [-0.05, 0) is 48.8 Å². The van der Waals surface area contributed by atoms with E-state index in [1.54, 1.807) is 7.11 Å². The van der Waals surface area contributed by atoms with Crippen LogP contribution in [0.1, 0.15) is 29.2 Å². The van der Waals surface area contributed by atoms with E-state index in [4.69, 9.17) is 10.5 Å². The summed E-state index contributed by atoms with van der Waals surface area (Å²) in [6, 6.07) is 17.3. The minimum atomic E-state index is 0.310. The molecule has 2 N–H and O–H groups in total. The number of rotatable bonds is 8. The fourth-order valence-electron chi connectivity index (χ4n) is 3.71. The smallest absolute Gasteiger partial charge is 0.119 e. The van der Waals surface area contributed by atoms with E-state index >= 15 is 0 Å². The van der Waals surface area contributed by atoms with E-state index in [-0.39, 0.29) is 0 Å². The van der Waals surface area contributed by atoms with Crippen molar-refractivity contribution in [2.75, 3.05) is 33.8 Å². The molecule has 134 valence electrons. The highest BCUT2D eigenvalue weighted by molar-refractivity contribution is 5.40. The number of nitrogens with two attached hydrogens (primary N) is 1. The Bertz CT molecular complexity index is 674. The summed E-state index contributed by atoms with van der Waals surface area (Å²) in [6.07, 6.45) is 1.14.